The van der Waals surface area contributed by atoms with E-state index in [2.05, 4.69) is 17.6 Å². The number of nitrogens with two attached hydrogens (primary N) is 2. The van der Waals surface area contributed by atoms with Gasteiger partial charge in [-0.1, -0.05) is 90.4 Å². The molecule has 0 heterocycles. The summed E-state index contributed by atoms with van der Waals surface area (Å²) in [6, 6.07) is 0. The van der Waals surface area contributed by atoms with Crippen molar-refractivity contribution in [2.45, 2.75) is 117 Å². The molecule has 0 rings (SSSR count). The van der Waals surface area contributed by atoms with Crippen LogP contribution in [0, 0.1) is 0 Å². The smallest absolute Gasteiger partial charge is 0.693 e. The van der Waals surface area contributed by atoms with Crippen LogP contribution in [0.15, 0.2) is 0 Å². The first kappa shape index (κ1) is 44.4. The topological polar surface area (TPSA) is 183 Å². The van der Waals surface area contributed by atoms with Crippen molar-refractivity contribution < 1.29 is 41.1 Å². The summed E-state index contributed by atoms with van der Waals surface area (Å²) >= 11 is -0.472. The van der Waals surface area contributed by atoms with Gasteiger partial charge in [0.25, 0.3) is 0 Å². The van der Waals surface area contributed by atoms with Gasteiger partial charge in [0.15, 0.2) is 0 Å². The fourth-order valence-electron chi connectivity index (χ4n) is 3.02. The van der Waals surface area contributed by atoms with Crippen molar-refractivity contribution in [2.24, 2.45) is 0 Å². The summed E-state index contributed by atoms with van der Waals surface area (Å²) < 4.78 is 0. The second kappa shape index (κ2) is 40.6. The Morgan fingerprint density at radius 2 is 1.03 bits per heavy atom. The standard InChI is InChI=1S/C17H35NO2.C6H11NO3.2ClH.2H2N.Pt/c1-2-3-4-5-6-7-8-9-10-11-12-13-14-15-16-18-17(19)20;1-2-7-5(8)3-4-6(9)10;;;;;/h18H,2-16H2,1H3,(H,19,20);2-4H2,1H3,(H,7,8)(H,9,10);2*1H;2*1H2;/q;;;;2*-1;+4/p-2. The Hall–Kier alpha value is -0.602. The number of carbonyl (C=O) groups is 3. The van der Waals surface area contributed by atoms with Crippen LogP contribution in [0.5, 0.6) is 0 Å². The van der Waals surface area contributed by atoms with Crippen LogP contribution in [0.4, 0.5) is 4.79 Å². The summed E-state index contributed by atoms with van der Waals surface area (Å²) in [4.78, 5) is 30.7. The Kier molecular flexibility index (Phi) is 51.5. The molecule has 0 aromatic carbocycles. The Labute approximate surface area is 229 Å². The van der Waals surface area contributed by atoms with E-state index in [4.69, 9.17) is 29.0 Å². The number of rotatable bonds is 19. The monoisotopic (exact) mass is 727 g/mol. The van der Waals surface area contributed by atoms with E-state index in [0.29, 0.717) is 13.1 Å². The van der Waals surface area contributed by atoms with Crippen LogP contribution in [-0.2, 0) is 26.1 Å². The molecule has 0 radical (unpaired) electrons. The predicted molar refractivity (Wildman–Crippen MR) is 144 cm³/mol. The third kappa shape index (κ3) is 55.3. The molecule has 0 atom stereocenters. The number of carbonyl (C=O) groups excluding carboxylic acids is 1. The van der Waals surface area contributed by atoms with E-state index >= 15 is 0 Å². The zero-order valence-corrected chi connectivity index (χ0v) is 25.4. The van der Waals surface area contributed by atoms with Crippen LogP contribution in [0.3, 0.4) is 0 Å². The molecule has 2 amide bonds. The Bertz CT molecular complexity index is 454. The fraction of sp³-hybridized carbons (Fsp3) is 0.870. The van der Waals surface area contributed by atoms with Crippen molar-refractivity contribution in [2.75, 3.05) is 13.1 Å². The van der Waals surface area contributed by atoms with Gasteiger partial charge < -0.3 is 33.1 Å². The van der Waals surface area contributed by atoms with Crippen molar-refractivity contribution in [3.63, 3.8) is 0 Å². The molecule has 0 aliphatic rings. The summed E-state index contributed by atoms with van der Waals surface area (Å²) in [5, 5.41) is 21.5. The number of nitrogens with one attached hydrogen (secondary N) is 2. The molecule has 12 heteroatoms. The van der Waals surface area contributed by atoms with Gasteiger partial charge in [-0.25, -0.2) is 4.79 Å². The zero-order chi connectivity index (χ0) is 25.6. The van der Waals surface area contributed by atoms with E-state index < -0.39 is 28.5 Å². The van der Waals surface area contributed by atoms with Gasteiger partial charge in [0, 0.05) is 19.5 Å². The zero-order valence-electron chi connectivity index (χ0n) is 21.6. The van der Waals surface area contributed by atoms with Crippen molar-refractivity contribution >= 4 is 36.8 Å². The summed E-state index contributed by atoms with van der Waals surface area (Å²) in [5.74, 6) is -1.14. The quantitative estimate of drug-likeness (QED) is 0.0971. The Morgan fingerprint density at radius 1 is 0.657 bits per heavy atom. The molecule has 0 aromatic rings. The van der Waals surface area contributed by atoms with Crippen LogP contribution < -0.4 is 10.6 Å². The Balaban J connectivity index is -0.000000169. The normalized spacial score (nSPS) is 9.26. The molecule has 0 aromatic heterocycles. The third-order valence-electron chi connectivity index (χ3n) is 4.75. The Morgan fingerprint density at radius 3 is 1.34 bits per heavy atom. The molecule has 0 unspecified atom stereocenters. The van der Waals surface area contributed by atoms with Crippen molar-refractivity contribution in [3.05, 3.63) is 12.3 Å². The minimum atomic E-state index is -0.939. The maximum absolute atomic E-state index is 10.6. The number of unbranched alkanes of at least 4 members (excludes halogenated alkanes) is 13. The van der Waals surface area contributed by atoms with Gasteiger partial charge in [-0.2, -0.15) is 0 Å². The van der Waals surface area contributed by atoms with E-state index in [1.165, 1.54) is 77.0 Å². The molecule has 216 valence electrons. The second-order valence-electron chi connectivity index (χ2n) is 7.72. The maximum Gasteiger partial charge on any atom is -0.693 e. The average Bonchev–Trinajstić information content (AvgIpc) is 2.76. The molecule has 35 heavy (non-hydrogen) atoms. The third-order valence-corrected chi connectivity index (χ3v) is 4.75. The van der Waals surface area contributed by atoms with Gasteiger partial charge >= 0.3 is 47.4 Å². The van der Waals surface area contributed by atoms with Gasteiger partial charge in [0.2, 0.25) is 5.91 Å². The average molecular weight is 729 g/mol. The first-order valence-electron chi connectivity index (χ1n) is 12.1. The summed E-state index contributed by atoms with van der Waals surface area (Å²) in [5.41, 5.74) is 0. The van der Waals surface area contributed by atoms with Gasteiger partial charge in [0.1, 0.15) is 0 Å². The molecule has 0 bridgehead atoms. The fourth-order valence-corrected chi connectivity index (χ4v) is 3.02. The molecule has 0 aliphatic heterocycles. The van der Waals surface area contributed by atoms with E-state index in [-0.39, 0.29) is 31.0 Å². The molecular formula is C23H50Cl2N4O5Pt. The number of hydrogen-bond donors (Lipinski definition) is 4. The largest absolute Gasteiger partial charge is 0.693 e. The van der Waals surface area contributed by atoms with Gasteiger partial charge in [-0.15, -0.1) is 0 Å². The number of hydrogen-bond acceptors (Lipinski definition) is 3. The number of carboxylic acid groups (broad SMARTS) is 2. The second-order valence-corrected chi connectivity index (χ2v) is 11.0. The van der Waals surface area contributed by atoms with Crippen molar-refractivity contribution in [1.82, 2.24) is 10.6 Å². The summed E-state index contributed by atoms with van der Waals surface area (Å²) in [6.07, 6.45) is 17.7. The maximum atomic E-state index is 10.6. The molecule has 0 saturated heterocycles. The number of aliphatic carboxylic acids is 1. The minimum absolute atomic E-state index is 0. The molecule has 0 fully saturated rings. The van der Waals surface area contributed by atoms with Crippen LogP contribution in [0.1, 0.15) is 117 Å². The van der Waals surface area contributed by atoms with E-state index in [0.717, 1.165) is 12.8 Å². The number of carboxylic acids is 1. The van der Waals surface area contributed by atoms with E-state index in [1.54, 1.807) is 6.92 Å². The summed E-state index contributed by atoms with van der Waals surface area (Å²) in [6.45, 7) is 5.22. The number of halogens is 2. The van der Waals surface area contributed by atoms with Gasteiger partial charge in [0.05, 0.1) is 6.42 Å². The SMILES string of the molecule is CCCCCCCCCCCCCCCCNC(=O)O.CCNC(=O)CCC(=O)O.[Cl][Pt+2][Cl].[NH2-].[NH2-]. The molecule has 0 aliphatic carbocycles. The van der Waals surface area contributed by atoms with Crippen molar-refractivity contribution in [1.29, 1.82) is 0 Å². The van der Waals surface area contributed by atoms with E-state index in [1.807, 2.05) is 0 Å². The van der Waals surface area contributed by atoms with E-state index in [9.17, 15) is 14.4 Å². The van der Waals surface area contributed by atoms with Crippen LogP contribution >= 0.6 is 18.8 Å². The van der Waals surface area contributed by atoms with Crippen LogP contribution in [0.2, 0.25) is 0 Å². The number of amides is 2. The van der Waals surface area contributed by atoms with Crippen molar-refractivity contribution in [3.8, 4) is 0 Å². The summed E-state index contributed by atoms with van der Waals surface area (Å²) in [7, 11) is 9.75. The minimum Gasteiger partial charge on any atom is -0.693 e. The molecular weight excluding hydrogens is 678 g/mol. The first-order valence-corrected chi connectivity index (χ1v) is 17.8. The predicted octanol–water partition coefficient (Wildman–Crippen LogP) is 8.53. The molecule has 8 N–H and O–H groups in total. The van der Waals surface area contributed by atoms with Crippen LogP contribution in [0.25, 0.3) is 12.3 Å². The molecule has 0 saturated carbocycles. The van der Waals surface area contributed by atoms with Gasteiger partial charge in [-0.05, 0) is 13.3 Å². The molecule has 0 spiro atoms. The molecule has 9 nitrogen and oxygen atoms in total. The van der Waals surface area contributed by atoms with Gasteiger partial charge in [-0.3, -0.25) is 9.59 Å². The first-order chi connectivity index (χ1) is 15.8. The van der Waals surface area contributed by atoms with Crippen LogP contribution in [-0.4, -0.2) is 41.3 Å².